The zero-order chi connectivity index (χ0) is 16.7. The molecule has 1 N–H and O–H groups in total. The van der Waals surface area contributed by atoms with E-state index in [9.17, 15) is 13.6 Å². The van der Waals surface area contributed by atoms with Crippen molar-refractivity contribution in [2.24, 2.45) is 5.41 Å². The van der Waals surface area contributed by atoms with Crippen LogP contribution in [0.2, 0.25) is 0 Å². The topological polar surface area (TPSA) is 38.3 Å². The molecule has 0 amide bonds. The van der Waals surface area contributed by atoms with Gasteiger partial charge in [-0.15, -0.1) is 0 Å². The summed E-state index contributed by atoms with van der Waals surface area (Å²) in [5, 5.41) is 3.32. The lowest BCUT2D eigenvalue weighted by Gasteiger charge is -2.23. The zero-order valence-corrected chi connectivity index (χ0v) is 13.6. The van der Waals surface area contributed by atoms with Crippen LogP contribution in [0.15, 0.2) is 24.3 Å². The van der Waals surface area contributed by atoms with Gasteiger partial charge in [-0.3, -0.25) is 4.79 Å². The first-order valence-corrected chi connectivity index (χ1v) is 8.28. The third kappa shape index (κ3) is 2.55. The van der Waals surface area contributed by atoms with Crippen molar-refractivity contribution in [2.45, 2.75) is 44.4 Å². The number of carbonyl (C=O) groups excluding carboxylic acids is 1. The van der Waals surface area contributed by atoms with E-state index in [1.165, 1.54) is 12.5 Å². The number of benzene rings is 1. The van der Waals surface area contributed by atoms with E-state index in [0.717, 1.165) is 25.9 Å². The third-order valence-corrected chi connectivity index (χ3v) is 5.33. The van der Waals surface area contributed by atoms with E-state index in [2.05, 4.69) is 5.32 Å². The summed E-state index contributed by atoms with van der Waals surface area (Å²) in [6.07, 6.45) is 2.14. The van der Waals surface area contributed by atoms with E-state index >= 15 is 0 Å². The predicted molar refractivity (Wildman–Crippen MR) is 83.7 cm³/mol. The summed E-state index contributed by atoms with van der Waals surface area (Å²) >= 11 is 0. The van der Waals surface area contributed by atoms with Gasteiger partial charge in [0.05, 0.1) is 12.5 Å². The van der Waals surface area contributed by atoms with E-state index < -0.39 is 23.2 Å². The molecule has 1 aliphatic carbocycles. The number of carbonyl (C=O) groups is 1. The molecule has 3 nitrogen and oxygen atoms in total. The highest BCUT2D eigenvalue weighted by Gasteiger charge is 2.83. The van der Waals surface area contributed by atoms with Crippen LogP contribution in [0.5, 0.6) is 0 Å². The quantitative estimate of drug-likeness (QED) is 0.863. The highest BCUT2D eigenvalue weighted by molar-refractivity contribution is 5.85. The Balaban J connectivity index is 1.78. The van der Waals surface area contributed by atoms with Gasteiger partial charge in [0.1, 0.15) is 5.41 Å². The maximum atomic E-state index is 14.3. The predicted octanol–water partition coefficient (Wildman–Crippen LogP) is 3.46. The SMILES string of the molecule is CCOC(=O)C1(C)C(c2ccc(C3CCNCC3)cc2)C1(F)F. The van der Waals surface area contributed by atoms with Gasteiger partial charge < -0.3 is 10.1 Å². The Morgan fingerprint density at radius 2 is 1.78 bits per heavy atom. The molecule has 5 heteroatoms. The highest BCUT2D eigenvalue weighted by atomic mass is 19.3. The normalized spacial score (nSPS) is 30.0. The summed E-state index contributed by atoms with van der Waals surface area (Å²) in [7, 11) is 0. The fourth-order valence-electron chi connectivity index (χ4n) is 3.72. The van der Waals surface area contributed by atoms with Gasteiger partial charge in [0.25, 0.3) is 5.92 Å². The van der Waals surface area contributed by atoms with Gasteiger partial charge in [-0.05, 0) is 56.8 Å². The molecule has 1 aliphatic heterocycles. The molecule has 0 radical (unpaired) electrons. The molecule has 1 aromatic carbocycles. The average Bonchev–Trinajstić information content (AvgIpc) is 3.03. The average molecular weight is 323 g/mol. The van der Waals surface area contributed by atoms with Crippen molar-refractivity contribution in [1.82, 2.24) is 5.32 Å². The van der Waals surface area contributed by atoms with Gasteiger partial charge in [-0.2, -0.15) is 0 Å². The lowest BCUT2D eigenvalue weighted by Crippen LogP contribution is -2.26. The molecule has 3 rings (SSSR count). The molecule has 126 valence electrons. The van der Waals surface area contributed by atoms with Crippen LogP contribution in [0, 0.1) is 5.41 Å². The van der Waals surface area contributed by atoms with Gasteiger partial charge in [0, 0.05) is 0 Å². The van der Waals surface area contributed by atoms with E-state index in [0.29, 0.717) is 11.5 Å². The van der Waals surface area contributed by atoms with Crippen molar-refractivity contribution in [3.63, 3.8) is 0 Å². The molecule has 0 spiro atoms. The number of piperidine rings is 1. The van der Waals surface area contributed by atoms with Gasteiger partial charge in [0.15, 0.2) is 0 Å². The standard InChI is InChI=1S/C18H23F2NO2/c1-3-23-16(22)17(2)15(18(17,19)20)14-6-4-12(5-7-14)13-8-10-21-11-9-13/h4-7,13,15,21H,3,8-11H2,1-2H3. The maximum absolute atomic E-state index is 14.3. The number of hydrogen-bond donors (Lipinski definition) is 1. The van der Waals surface area contributed by atoms with Gasteiger partial charge in [-0.1, -0.05) is 24.3 Å². The Labute approximate surface area is 135 Å². The number of ether oxygens (including phenoxy) is 1. The Bertz CT molecular complexity index is 581. The van der Waals surface area contributed by atoms with Crippen molar-refractivity contribution >= 4 is 5.97 Å². The second-order valence-corrected chi connectivity index (χ2v) is 6.67. The minimum atomic E-state index is -3.05. The van der Waals surface area contributed by atoms with Crippen LogP contribution in [-0.4, -0.2) is 31.6 Å². The Hall–Kier alpha value is -1.49. The number of esters is 1. The largest absolute Gasteiger partial charge is 0.465 e. The Morgan fingerprint density at radius 3 is 2.35 bits per heavy atom. The number of halogens is 2. The second-order valence-electron chi connectivity index (χ2n) is 6.67. The van der Waals surface area contributed by atoms with Gasteiger partial charge in [0.2, 0.25) is 0 Å². The summed E-state index contributed by atoms with van der Waals surface area (Å²) in [6.45, 7) is 5.04. The van der Waals surface area contributed by atoms with Crippen molar-refractivity contribution in [2.75, 3.05) is 19.7 Å². The molecule has 2 fully saturated rings. The fraction of sp³-hybridized carbons (Fsp3) is 0.611. The number of alkyl halides is 2. The number of nitrogens with one attached hydrogen (secondary N) is 1. The van der Waals surface area contributed by atoms with E-state index in [1.807, 2.05) is 12.1 Å². The molecular weight excluding hydrogens is 300 g/mol. The molecule has 0 bridgehead atoms. The Kier molecular flexibility index (Phi) is 4.17. The molecule has 2 unspecified atom stereocenters. The first kappa shape index (κ1) is 16.4. The fourth-order valence-corrected chi connectivity index (χ4v) is 3.72. The van der Waals surface area contributed by atoms with Gasteiger partial charge >= 0.3 is 5.97 Å². The molecule has 23 heavy (non-hydrogen) atoms. The van der Waals surface area contributed by atoms with Gasteiger partial charge in [-0.25, -0.2) is 8.78 Å². The first-order chi connectivity index (χ1) is 10.9. The van der Waals surface area contributed by atoms with Crippen LogP contribution in [0.25, 0.3) is 0 Å². The van der Waals surface area contributed by atoms with Crippen molar-refractivity contribution < 1.29 is 18.3 Å². The summed E-state index contributed by atoms with van der Waals surface area (Å²) < 4.78 is 33.4. The van der Waals surface area contributed by atoms with E-state index in [1.54, 1.807) is 19.1 Å². The van der Waals surface area contributed by atoms with E-state index in [-0.39, 0.29) is 6.61 Å². The molecule has 1 saturated carbocycles. The Morgan fingerprint density at radius 1 is 1.22 bits per heavy atom. The lowest BCUT2D eigenvalue weighted by molar-refractivity contribution is -0.153. The molecule has 0 aromatic heterocycles. The minimum absolute atomic E-state index is 0.117. The smallest absolute Gasteiger partial charge is 0.318 e. The molecule has 2 aliphatic rings. The van der Waals surface area contributed by atoms with Crippen LogP contribution in [0.4, 0.5) is 8.78 Å². The summed E-state index contributed by atoms with van der Waals surface area (Å²) in [6, 6.07) is 7.37. The highest BCUT2D eigenvalue weighted by Crippen LogP contribution is 2.71. The van der Waals surface area contributed by atoms with Crippen molar-refractivity contribution in [3.05, 3.63) is 35.4 Å². The van der Waals surface area contributed by atoms with Crippen LogP contribution >= 0.6 is 0 Å². The maximum Gasteiger partial charge on any atom is 0.318 e. The second kappa shape index (κ2) is 5.86. The molecule has 1 aromatic rings. The number of hydrogen-bond acceptors (Lipinski definition) is 3. The molecular formula is C18H23F2NO2. The lowest BCUT2D eigenvalue weighted by atomic mass is 9.89. The zero-order valence-electron chi connectivity index (χ0n) is 13.6. The summed E-state index contributed by atoms with van der Waals surface area (Å²) in [4.78, 5) is 11.9. The molecule has 1 saturated heterocycles. The monoisotopic (exact) mass is 323 g/mol. The van der Waals surface area contributed by atoms with E-state index in [4.69, 9.17) is 4.74 Å². The molecule has 1 heterocycles. The van der Waals surface area contributed by atoms with Crippen LogP contribution in [0.1, 0.15) is 49.7 Å². The first-order valence-electron chi connectivity index (χ1n) is 8.28. The van der Waals surface area contributed by atoms with Crippen LogP contribution in [-0.2, 0) is 9.53 Å². The summed E-state index contributed by atoms with van der Waals surface area (Å²) in [5.41, 5.74) is -0.0282. The number of rotatable bonds is 4. The summed E-state index contributed by atoms with van der Waals surface area (Å²) in [5.74, 6) is -4.45. The van der Waals surface area contributed by atoms with Crippen LogP contribution in [0.3, 0.4) is 0 Å². The van der Waals surface area contributed by atoms with Crippen molar-refractivity contribution in [3.8, 4) is 0 Å². The third-order valence-electron chi connectivity index (χ3n) is 5.33. The van der Waals surface area contributed by atoms with Crippen LogP contribution < -0.4 is 5.32 Å². The minimum Gasteiger partial charge on any atom is -0.465 e. The van der Waals surface area contributed by atoms with Crippen molar-refractivity contribution in [1.29, 1.82) is 0 Å². The molecule has 2 atom stereocenters.